The van der Waals surface area contributed by atoms with Gasteiger partial charge in [-0.3, -0.25) is 0 Å². The number of nitrogens with zero attached hydrogens (tertiary/aromatic N) is 3. The molecule has 0 unspecified atom stereocenters. The standard InChI is InChI=1S/C22H13Cl3N4O/c23-22(24,25)21(30)19-10-18-9-16-4-3-14(27-16)7-12-1-2-13(26-12)8-15-5-6-17(28-15)11-20(19)29-18/h1-11,29-30H. The highest BCUT2D eigenvalue weighted by molar-refractivity contribution is 6.71. The van der Waals surface area contributed by atoms with E-state index in [1.54, 1.807) is 12.1 Å². The summed E-state index contributed by atoms with van der Waals surface area (Å²) in [7, 11) is 0. The summed E-state index contributed by atoms with van der Waals surface area (Å²) in [5.74, 6) is -0.372. The maximum Gasteiger partial charge on any atom is 0.247 e. The summed E-state index contributed by atoms with van der Waals surface area (Å²) >= 11 is 17.8. The largest absolute Gasteiger partial charge is 0.507 e. The number of aromatic amines is 1. The van der Waals surface area contributed by atoms with E-state index in [2.05, 4.69) is 20.0 Å². The number of allylic oxidation sites excluding steroid dienone is 8. The Bertz CT molecular complexity index is 1370. The van der Waals surface area contributed by atoms with Crippen molar-refractivity contribution >= 4 is 69.8 Å². The van der Waals surface area contributed by atoms with E-state index in [0.29, 0.717) is 22.0 Å². The van der Waals surface area contributed by atoms with Crippen LogP contribution in [0.15, 0.2) is 86.7 Å². The van der Waals surface area contributed by atoms with Gasteiger partial charge in [0.1, 0.15) is 0 Å². The van der Waals surface area contributed by atoms with Crippen LogP contribution in [0, 0.1) is 0 Å². The second-order valence-corrected chi connectivity index (χ2v) is 9.14. The fourth-order valence-electron chi connectivity index (χ4n) is 3.31. The Morgan fingerprint density at radius 2 is 1.23 bits per heavy atom. The Kier molecular flexibility index (Phi) is 4.54. The van der Waals surface area contributed by atoms with Gasteiger partial charge in [0.2, 0.25) is 3.79 Å². The van der Waals surface area contributed by atoms with Crippen LogP contribution in [0.4, 0.5) is 0 Å². The number of aliphatic hydroxyl groups excluding tert-OH is 1. The summed E-state index contributed by atoms with van der Waals surface area (Å²) in [6.07, 6.45) is 18.9. The van der Waals surface area contributed by atoms with Crippen LogP contribution >= 0.6 is 34.8 Å². The number of fused-ring (bicyclic) bond motifs is 5. The van der Waals surface area contributed by atoms with Gasteiger partial charge in [-0.2, -0.15) is 0 Å². The molecule has 0 aromatic carbocycles. The summed E-state index contributed by atoms with van der Waals surface area (Å²) in [6, 6.07) is 1.71. The third kappa shape index (κ3) is 3.79. The lowest BCUT2D eigenvalue weighted by Gasteiger charge is -2.08. The second-order valence-electron chi connectivity index (χ2n) is 6.86. The van der Waals surface area contributed by atoms with Crippen molar-refractivity contribution in [2.75, 3.05) is 0 Å². The predicted octanol–water partition coefficient (Wildman–Crippen LogP) is 3.99. The van der Waals surface area contributed by atoms with Gasteiger partial charge >= 0.3 is 0 Å². The van der Waals surface area contributed by atoms with Gasteiger partial charge in [-0.05, 0) is 66.8 Å². The summed E-state index contributed by atoms with van der Waals surface area (Å²) in [5.41, 5.74) is 5.31. The quantitative estimate of drug-likeness (QED) is 0.571. The minimum atomic E-state index is -1.96. The highest BCUT2D eigenvalue weighted by atomic mass is 35.6. The zero-order valence-corrected chi connectivity index (χ0v) is 17.5. The lowest BCUT2D eigenvalue weighted by atomic mass is 10.2. The average Bonchev–Trinajstić information content (AvgIpc) is 3.45. The van der Waals surface area contributed by atoms with Crippen molar-refractivity contribution in [1.82, 2.24) is 4.98 Å². The van der Waals surface area contributed by atoms with Crippen LogP contribution in [0.2, 0.25) is 0 Å². The van der Waals surface area contributed by atoms with Crippen LogP contribution in [0.3, 0.4) is 0 Å². The molecular formula is C22H13Cl3N4O. The molecule has 2 N–H and O–H groups in total. The fraction of sp³-hybridized carbons (Fsp3) is 0.0455. The van der Waals surface area contributed by atoms with E-state index < -0.39 is 3.79 Å². The number of hydrogen-bond donors (Lipinski definition) is 2. The van der Waals surface area contributed by atoms with E-state index in [9.17, 15) is 5.11 Å². The second kappa shape index (κ2) is 7.13. The molecule has 1 aromatic heterocycles. The van der Waals surface area contributed by atoms with Crippen molar-refractivity contribution in [3.8, 4) is 0 Å². The molecule has 5 rings (SSSR count). The van der Waals surface area contributed by atoms with Gasteiger partial charge in [0, 0.05) is 10.9 Å². The molecule has 0 spiro atoms. The highest BCUT2D eigenvalue weighted by Gasteiger charge is 2.27. The molecule has 8 bridgehead atoms. The summed E-state index contributed by atoms with van der Waals surface area (Å²) in [4.78, 5) is 17.0. The van der Waals surface area contributed by atoms with Gasteiger partial charge in [-0.1, -0.05) is 34.8 Å². The Hall–Kier alpha value is -2.86. The van der Waals surface area contributed by atoms with Crippen LogP contribution in [-0.4, -0.2) is 31.0 Å². The van der Waals surface area contributed by atoms with Crippen molar-refractivity contribution in [2.24, 2.45) is 15.0 Å². The lowest BCUT2D eigenvalue weighted by molar-refractivity contribution is 0.489. The van der Waals surface area contributed by atoms with Crippen molar-refractivity contribution in [3.05, 3.63) is 88.0 Å². The minimum absolute atomic E-state index is 0.372. The Labute approximate surface area is 186 Å². The molecule has 0 saturated heterocycles. The first-order valence-electron chi connectivity index (χ1n) is 9.00. The van der Waals surface area contributed by atoms with E-state index in [-0.39, 0.29) is 5.76 Å². The first-order chi connectivity index (χ1) is 14.3. The molecule has 4 aliphatic rings. The molecule has 5 nitrogen and oxygen atoms in total. The number of H-pyrrole nitrogens is 1. The zero-order chi connectivity index (χ0) is 20.9. The molecule has 8 heteroatoms. The lowest BCUT2D eigenvalue weighted by Crippen LogP contribution is -2.30. The minimum Gasteiger partial charge on any atom is -0.507 e. The molecule has 0 amide bonds. The highest BCUT2D eigenvalue weighted by Crippen LogP contribution is 2.32. The van der Waals surface area contributed by atoms with Crippen molar-refractivity contribution in [3.63, 3.8) is 0 Å². The van der Waals surface area contributed by atoms with Gasteiger partial charge in [0.05, 0.1) is 39.6 Å². The summed E-state index contributed by atoms with van der Waals surface area (Å²) in [5, 5.41) is 11.4. The van der Waals surface area contributed by atoms with Gasteiger partial charge in [-0.25, -0.2) is 15.0 Å². The first kappa shape index (κ1) is 19.1. The molecular weight excluding hydrogens is 443 g/mol. The van der Waals surface area contributed by atoms with Crippen molar-refractivity contribution in [2.45, 2.75) is 3.79 Å². The van der Waals surface area contributed by atoms with Gasteiger partial charge in [-0.15, -0.1) is 0 Å². The number of halogens is 3. The Morgan fingerprint density at radius 3 is 1.77 bits per heavy atom. The third-order valence-corrected chi connectivity index (χ3v) is 5.17. The summed E-state index contributed by atoms with van der Waals surface area (Å²) in [6.45, 7) is 0. The van der Waals surface area contributed by atoms with Crippen molar-refractivity contribution in [1.29, 1.82) is 0 Å². The molecule has 148 valence electrons. The van der Waals surface area contributed by atoms with E-state index >= 15 is 0 Å². The maximum atomic E-state index is 10.5. The van der Waals surface area contributed by atoms with E-state index in [0.717, 1.165) is 28.5 Å². The monoisotopic (exact) mass is 454 g/mol. The number of rotatable bonds is 0. The van der Waals surface area contributed by atoms with Gasteiger partial charge in [0.25, 0.3) is 0 Å². The SMILES string of the molecule is OC(=c1cc2[nH]c1=CC1=NC(=CC3=NC(=CC4=NC(=C2)C=C4)C=C3)C=C1)C(Cl)(Cl)Cl. The van der Waals surface area contributed by atoms with E-state index in [4.69, 9.17) is 34.8 Å². The number of aromatic nitrogens is 1. The number of alkyl halides is 3. The third-order valence-electron chi connectivity index (χ3n) is 4.63. The van der Waals surface area contributed by atoms with Gasteiger partial charge < -0.3 is 10.1 Å². The van der Waals surface area contributed by atoms with Crippen LogP contribution in [0.25, 0.3) is 17.9 Å². The van der Waals surface area contributed by atoms with Gasteiger partial charge in [0.15, 0.2) is 5.76 Å². The molecule has 1 aromatic rings. The van der Waals surface area contributed by atoms with Crippen LogP contribution in [0.5, 0.6) is 0 Å². The number of aliphatic imine (C=N–C) groups is 3. The maximum absolute atomic E-state index is 10.5. The number of nitrogens with one attached hydrogen (secondary N) is 1. The van der Waals surface area contributed by atoms with Crippen LogP contribution in [0.1, 0.15) is 5.69 Å². The molecule has 5 heterocycles. The number of hydrogen-bond acceptors (Lipinski definition) is 4. The molecule has 0 radical (unpaired) electrons. The molecule has 30 heavy (non-hydrogen) atoms. The first-order valence-corrected chi connectivity index (χ1v) is 10.1. The zero-order valence-electron chi connectivity index (χ0n) is 15.3. The molecule has 0 atom stereocenters. The molecule has 0 saturated carbocycles. The summed E-state index contributed by atoms with van der Waals surface area (Å²) < 4.78 is -1.96. The fourth-order valence-corrected chi connectivity index (χ4v) is 3.61. The van der Waals surface area contributed by atoms with Crippen LogP contribution < -0.4 is 10.6 Å². The Balaban J connectivity index is 1.76. The molecule has 4 aliphatic heterocycles. The topological polar surface area (TPSA) is 73.1 Å². The van der Waals surface area contributed by atoms with Crippen molar-refractivity contribution < 1.29 is 5.11 Å². The normalized spacial score (nSPS) is 20.2. The average molecular weight is 456 g/mol. The van der Waals surface area contributed by atoms with Crippen LogP contribution in [-0.2, 0) is 0 Å². The van der Waals surface area contributed by atoms with E-state index in [1.807, 2.05) is 54.7 Å². The Morgan fingerprint density at radius 1 is 0.733 bits per heavy atom. The molecule has 0 fully saturated rings. The number of aliphatic hydroxyl groups is 1. The smallest absolute Gasteiger partial charge is 0.247 e. The predicted molar refractivity (Wildman–Crippen MR) is 125 cm³/mol. The molecule has 0 aliphatic carbocycles. The van der Waals surface area contributed by atoms with E-state index in [1.165, 1.54) is 0 Å².